The van der Waals surface area contributed by atoms with Crippen LogP contribution in [0, 0.1) is 0 Å². The SMILES string of the molecule is CC[C@@H](C)ON(Cc1ccccc1)O[C@H](C)CC. The normalized spacial score (nSPS) is 14.7. The second-order valence-electron chi connectivity index (χ2n) is 4.62. The van der Waals surface area contributed by atoms with Crippen molar-refractivity contribution in [3.63, 3.8) is 0 Å². The minimum atomic E-state index is 0.165. The van der Waals surface area contributed by atoms with E-state index in [2.05, 4.69) is 39.8 Å². The zero-order chi connectivity index (χ0) is 13.4. The summed E-state index contributed by atoms with van der Waals surface area (Å²) in [5.41, 5.74) is 1.18. The summed E-state index contributed by atoms with van der Waals surface area (Å²) in [4.78, 5) is 11.6. The van der Waals surface area contributed by atoms with Crippen molar-refractivity contribution in [3.8, 4) is 0 Å². The van der Waals surface area contributed by atoms with E-state index in [0.29, 0.717) is 6.54 Å². The van der Waals surface area contributed by atoms with Crippen LogP contribution in [0.3, 0.4) is 0 Å². The fourth-order valence-electron chi connectivity index (χ4n) is 1.38. The second-order valence-corrected chi connectivity index (χ2v) is 4.62. The molecule has 0 aliphatic heterocycles. The van der Waals surface area contributed by atoms with Crippen LogP contribution in [0.2, 0.25) is 0 Å². The van der Waals surface area contributed by atoms with E-state index in [1.165, 1.54) is 5.56 Å². The largest absolute Gasteiger partial charge is 0.271 e. The third-order valence-electron chi connectivity index (χ3n) is 2.90. The maximum absolute atomic E-state index is 5.79. The van der Waals surface area contributed by atoms with Gasteiger partial charge in [-0.2, -0.15) is 0 Å². The summed E-state index contributed by atoms with van der Waals surface area (Å²) in [7, 11) is 0. The van der Waals surface area contributed by atoms with Crippen LogP contribution in [0.1, 0.15) is 46.1 Å². The Morgan fingerprint density at radius 2 is 1.44 bits per heavy atom. The summed E-state index contributed by atoms with van der Waals surface area (Å²) < 4.78 is 0. The lowest BCUT2D eigenvalue weighted by Gasteiger charge is -2.26. The van der Waals surface area contributed by atoms with E-state index in [1.54, 1.807) is 5.23 Å². The molecule has 0 unspecified atom stereocenters. The van der Waals surface area contributed by atoms with Crippen molar-refractivity contribution in [2.45, 2.75) is 59.3 Å². The Balaban J connectivity index is 2.59. The molecule has 0 heterocycles. The van der Waals surface area contributed by atoms with Crippen LogP contribution >= 0.6 is 0 Å². The molecule has 0 fully saturated rings. The monoisotopic (exact) mass is 251 g/mol. The number of hydroxylamine groups is 2. The fourth-order valence-corrected chi connectivity index (χ4v) is 1.38. The van der Waals surface area contributed by atoms with Crippen molar-refractivity contribution >= 4 is 0 Å². The van der Waals surface area contributed by atoms with Gasteiger partial charge >= 0.3 is 0 Å². The van der Waals surface area contributed by atoms with E-state index < -0.39 is 0 Å². The average Bonchev–Trinajstić information content (AvgIpc) is 2.39. The quantitative estimate of drug-likeness (QED) is 0.653. The van der Waals surface area contributed by atoms with Crippen molar-refractivity contribution in [2.24, 2.45) is 0 Å². The van der Waals surface area contributed by atoms with E-state index in [0.717, 1.165) is 12.8 Å². The average molecular weight is 251 g/mol. The molecule has 0 aromatic heterocycles. The van der Waals surface area contributed by atoms with Crippen LogP contribution < -0.4 is 0 Å². The van der Waals surface area contributed by atoms with Gasteiger partial charge in [0.1, 0.15) is 0 Å². The number of hydrogen-bond acceptors (Lipinski definition) is 3. The van der Waals surface area contributed by atoms with E-state index in [-0.39, 0.29) is 12.2 Å². The predicted molar refractivity (Wildman–Crippen MR) is 73.7 cm³/mol. The van der Waals surface area contributed by atoms with Gasteiger partial charge in [0, 0.05) is 0 Å². The van der Waals surface area contributed by atoms with Gasteiger partial charge in [0.25, 0.3) is 0 Å². The van der Waals surface area contributed by atoms with Crippen LogP contribution in [-0.4, -0.2) is 17.4 Å². The van der Waals surface area contributed by atoms with Crippen LogP contribution in [0.25, 0.3) is 0 Å². The zero-order valence-corrected chi connectivity index (χ0v) is 11.9. The van der Waals surface area contributed by atoms with E-state index in [1.807, 2.05) is 18.2 Å². The van der Waals surface area contributed by atoms with Crippen molar-refractivity contribution in [1.29, 1.82) is 0 Å². The highest BCUT2D eigenvalue weighted by atomic mass is 17.0. The molecule has 0 saturated heterocycles. The highest BCUT2D eigenvalue weighted by molar-refractivity contribution is 5.13. The first-order chi connectivity index (χ1) is 8.65. The molecule has 0 aliphatic carbocycles. The molecule has 0 spiro atoms. The first kappa shape index (κ1) is 15.2. The van der Waals surface area contributed by atoms with Gasteiger partial charge in [0.2, 0.25) is 0 Å². The van der Waals surface area contributed by atoms with Crippen molar-refractivity contribution in [1.82, 2.24) is 5.23 Å². The van der Waals surface area contributed by atoms with Gasteiger partial charge in [-0.25, -0.2) is 0 Å². The molecule has 0 radical (unpaired) electrons. The Labute approximate surface area is 111 Å². The molecular weight excluding hydrogens is 226 g/mol. The molecule has 0 N–H and O–H groups in total. The Kier molecular flexibility index (Phi) is 6.94. The number of rotatable bonds is 8. The summed E-state index contributed by atoms with van der Waals surface area (Å²) in [6.07, 6.45) is 2.26. The Hall–Kier alpha value is -0.900. The maximum Gasteiger partial charge on any atom is 0.0789 e. The summed E-state index contributed by atoms with van der Waals surface area (Å²) in [5, 5.41) is 1.62. The van der Waals surface area contributed by atoms with E-state index in [4.69, 9.17) is 9.68 Å². The zero-order valence-electron chi connectivity index (χ0n) is 11.9. The highest BCUT2D eigenvalue weighted by Crippen LogP contribution is 2.12. The van der Waals surface area contributed by atoms with E-state index >= 15 is 0 Å². The number of hydrogen-bond donors (Lipinski definition) is 0. The first-order valence-electron chi connectivity index (χ1n) is 6.80. The fraction of sp³-hybridized carbons (Fsp3) is 0.600. The van der Waals surface area contributed by atoms with Gasteiger partial charge in [0.15, 0.2) is 0 Å². The van der Waals surface area contributed by atoms with Gasteiger partial charge in [-0.3, -0.25) is 9.68 Å². The number of nitrogens with zero attached hydrogens (tertiary/aromatic N) is 1. The van der Waals surface area contributed by atoms with Crippen LogP contribution in [0.5, 0.6) is 0 Å². The molecule has 3 heteroatoms. The molecule has 1 aromatic rings. The smallest absolute Gasteiger partial charge is 0.0789 e. The first-order valence-corrected chi connectivity index (χ1v) is 6.80. The maximum atomic E-state index is 5.79. The minimum Gasteiger partial charge on any atom is -0.271 e. The van der Waals surface area contributed by atoms with Gasteiger partial charge < -0.3 is 0 Å². The molecule has 3 nitrogen and oxygen atoms in total. The molecular formula is C15H25NO2. The topological polar surface area (TPSA) is 21.7 Å². The lowest BCUT2D eigenvalue weighted by atomic mass is 10.2. The third-order valence-corrected chi connectivity index (χ3v) is 2.90. The Morgan fingerprint density at radius 1 is 0.944 bits per heavy atom. The lowest BCUT2D eigenvalue weighted by molar-refractivity contribution is -0.404. The minimum absolute atomic E-state index is 0.165. The summed E-state index contributed by atoms with van der Waals surface area (Å²) in [6, 6.07) is 10.2. The standard InChI is InChI=1S/C15H25NO2/c1-5-13(3)17-16(18-14(4)6-2)12-15-10-8-7-9-11-15/h7-11,13-14H,5-6,12H2,1-4H3/t13-,14-/m1/s1. The molecule has 2 atom stereocenters. The van der Waals surface area contributed by atoms with Gasteiger partial charge in [0.05, 0.1) is 18.8 Å². The molecule has 0 aliphatic rings. The van der Waals surface area contributed by atoms with E-state index in [9.17, 15) is 0 Å². The Bertz CT molecular complexity index is 304. The molecule has 0 bridgehead atoms. The molecule has 0 saturated carbocycles. The van der Waals surface area contributed by atoms with Crippen LogP contribution in [0.4, 0.5) is 0 Å². The number of benzene rings is 1. The van der Waals surface area contributed by atoms with Crippen LogP contribution in [-0.2, 0) is 16.2 Å². The summed E-state index contributed by atoms with van der Waals surface area (Å²) >= 11 is 0. The predicted octanol–water partition coefficient (Wildman–Crippen LogP) is 3.95. The van der Waals surface area contributed by atoms with Gasteiger partial charge in [-0.15, -0.1) is 0 Å². The molecule has 1 rings (SSSR count). The van der Waals surface area contributed by atoms with Crippen molar-refractivity contribution in [2.75, 3.05) is 0 Å². The van der Waals surface area contributed by atoms with Crippen molar-refractivity contribution in [3.05, 3.63) is 35.9 Å². The molecule has 0 amide bonds. The molecule has 1 aromatic carbocycles. The Morgan fingerprint density at radius 3 is 1.89 bits per heavy atom. The molecule has 18 heavy (non-hydrogen) atoms. The third kappa shape index (κ3) is 5.63. The van der Waals surface area contributed by atoms with Gasteiger partial charge in [-0.1, -0.05) is 49.4 Å². The molecule has 102 valence electrons. The highest BCUT2D eigenvalue weighted by Gasteiger charge is 2.14. The van der Waals surface area contributed by atoms with Crippen LogP contribution in [0.15, 0.2) is 30.3 Å². The second kappa shape index (κ2) is 8.25. The lowest BCUT2D eigenvalue weighted by Crippen LogP contribution is -2.31. The van der Waals surface area contributed by atoms with Gasteiger partial charge in [-0.05, 0) is 32.3 Å². The van der Waals surface area contributed by atoms with Crippen molar-refractivity contribution < 1.29 is 9.68 Å². The summed E-state index contributed by atoms with van der Waals surface area (Å²) in [5.74, 6) is 0. The summed E-state index contributed by atoms with van der Waals surface area (Å²) in [6.45, 7) is 8.97.